The molecule has 3 heterocycles. The summed E-state index contributed by atoms with van der Waals surface area (Å²) in [5, 5.41) is 24.0. The molecule has 194 valence electrons. The second-order valence-electron chi connectivity index (χ2n) is 10.3. The second kappa shape index (κ2) is 11.3. The molecule has 2 aromatic rings. The molecule has 9 nitrogen and oxygen atoms in total. The zero-order valence-electron chi connectivity index (χ0n) is 21.0. The Hall–Kier alpha value is -3.04. The molecular weight excluding hydrogens is 460 g/mol. The third-order valence-corrected chi connectivity index (χ3v) is 7.41. The van der Waals surface area contributed by atoms with E-state index in [4.69, 9.17) is 9.82 Å². The summed E-state index contributed by atoms with van der Waals surface area (Å²) in [4.78, 5) is 39.9. The average Bonchev–Trinajstić information content (AvgIpc) is 2.85. The monoisotopic (exact) mass is 496 g/mol. The summed E-state index contributed by atoms with van der Waals surface area (Å²) in [5.74, 6) is -0.288. The number of aliphatic hydroxyl groups excluding tert-OH is 1. The number of nitrogens with zero attached hydrogens (tertiary/aromatic N) is 3. The first-order valence-corrected chi connectivity index (χ1v) is 12.8. The van der Waals surface area contributed by atoms with Gasteiger partial charge in [-0.3, -0.25) is 9.78 Å². The number of hydrogen-bond acceptors (Lipinski definition) is 8. The first-order valence-electron chi connectivity index (χ1n) is 12.8. The summed E-state index contributed by atoms with van der Waals surface area (Å²) in [7, 11) is 0. The standard InChI is InChI=1S/C27H36N4O5/c1-27(2,20-6-4-12-28-17-20)26(35)36-31(23(11-14-32)25(33)34)22-15-18(16-22)7-9-21-10-8-19-5-3-13-29-24(19)30-21/h4,6,8,10,12,17-18,22-23,32H,3,5,7,9,11,13-16H2,1-2H3,(H,29,30)(H,33,34)/t18?,22?,23-/m0/s1. The molecule has 0 radical (unpaired) electrons. The molecule has 2 aliphatic rings. The van der Waals surface area contributed by atoms with E-state index in [1.807, 2.05) is 0 Å². The summed E-state index contributed by atoms with van der Waals surface area (Å²) < 4.78 is 0. The number of nitrogens with one attached hydrogen (secondary N) is 1. The van der Waals surface area contributed by atoms with Crippen LogP contribution >= 0.6 is 0 Å². The van der Waals surface area contributed by atoms with E-state index in [0.29, 0.717) is 11.5 Å². The Balaban J connectivity index is 1.39. The molecule has 4 rings (SSSR count). The van der Waals surface area contributed by atoms with Crippen LogP contribution in [-0.2, 0) is 32.7 Å². The van der Waals surface area contributed by atoms with Crippen molar-refractivity contribution in [1.29, 1.82) is 0 Å². The van der Waals surface area contributed by atoms with Crippen LogP contribution in [0.4, 0.5) is 5.82 Å². The molecule has 2 aromatic heterocycles. The van der Waals surface area contributed by atoms with Gasteiger partial charge >= 0.3 is 11.9 Å². The van der Waals surface area contributed by atoms with Crippen LogP contribution in [0.25, 0.3) is 0 Å². The molecule has 0 spiro atoms. The van der Waals surface area contributed by atoms with E-state index in [-0.39, 0.29) is 19.1 Å². The lowest BCUT2D eigenvalue weighted by Gasteiger charge is -2.44. The number of carbonyl (C=O) groups excluding carboxylic acids is 1. The molecule has 0 aromatic carbocycles. The van der Waals surface area contributed by atoms with Crippen LogP contribution in [0.3, 0.4) is 0 Å². The third kappa shape index (κ3) is 5.84. The number of hydrogen-bond donors (Lipinski definition) is 3. The average molecular weight is 497 g/mol. The predicted molar refractivity (Wildman–Crippen MR) is 134 cm³/mol. The Morgan fingerprint density at radius 1 is 1.28 bits per heavy atom. The van der Waals surface area contributed by atoms with E-state index in [9.17, 15) is 19.8 Å². The number of carboxylic acid groups (broad SMARTS) is 1. The minimum absolute atomic E-state index is 0.0247. The lowest BCUT2D eigenvalue weighted by atomic mass is 9.76. The van der Waals surface area contributed by atoms with Gasteiger partial charge in [-0.2, -0.15) is 0 Å². The Morgan fingerprint density at radius 2 is 2.08 bits per heavy atom. The largest absolute Gasteiger partial charge is 0.480 e. The van der Waals surface area contributed by atoms with Gasteiger partial charge in [0.05, 0.1) is 5.41 Å². The number of carboxylic acids is 1. The Labute approximate surface area is 211 Å². The number of rotatable bonds is 11. The van der Waals surface area contributed by atoms with Gasteiger partial charge in [-0.15, -0.1) is 5.06 Å². The molecule has 0 bridgehead atoms. The van der Waals surface area contributed by atoms with Crippen LogP contribution in [-0.4, -0.2) is 62.4 Å². The smallest absolute Gasteiger partial charge is 0.335 e. The minimum atomic E-state index is -1.12. The highest BCUT2D eigenvalue weighted by molar-refractivity contribution is 5.82. The maximum absolute atomic E-state index is 13.2. The van der Waals surface area contributed by atoms with Gasteiger partial charge in [-0.05, 0) is 88.0 Å². The van der Waals surface area contributed by atoms with Crippen molar-refractivity contribution >= 4 is 17.8 Å². The number of aliphatic hydroxyl groups is 1. The van der Waals surface area contributed by atoms with Crippen molar-refractivity contribution in [3.63, 3.8) is 0 Å². The topological polar surface area (TPSA) is 125 Å². The van der Waals surface area contributed by atoms with Gasteiger partial charge in [0.25, 0.3) is 0 Å². The van der Waals surface area contributed by atoms with Crippen molar-refractivity contribution in [3.8, 4) is 0 Å². The number of aryl methyl sites for hydroxylation is 2. The van der Waals surface area contributed by atoms with Crippen molar-refractivity contribution in [1.82, 2.24) is 15.0 Å². The van der Waals surface area contributed by atoms with E-state index in [2.05, 4.69) is 22.4 Å². The maximum Gasteiger partial charge on any atom is 0.335 e. The van der Waals surface area contributed by atoms with E-state index >= 15 is 0 Å². The molecule has 1 fully saturated rings. The summed E-state index contributed by atoms with van der Waals surface area (Å²) in [6.45, 7) is 4.11. The summed E-state index contributed by atoms with van der Waals surface area (Å²) in [6.07, 6.45) is 8.63. The molecule has 1 atom stereocenters. The fourth-order valence-corrected chi connectivity index (χ4v) is 4.94. The SMILES string of the molecule is CC(C)(C(=O)ON(C1CC(CCc2ccc3c(n2)NCCC3)C1)[C@@H](CCO)C(=O)O)c1cccnc1. The highest BCUT2D eigenvalue weighted by Crippen LogP contribution is 2.38. The number of anilines is 1. The maximum atomic E-state index is 13.2. The van der Waals surface area contributed by atoms with E-state index in [0.717, 1.165) is 56.6 Å². The van der Waals surface area contributed by atoms with Gasteiger partial charge in [-0.25, -0.2) is 9.78 Å². The van der Waals surface area contributed by atoms with E-state index in [1.54, 1.807) is 38.4 Å². The summed E-state index contributed by atoms with van der Waals surface area (Å²) in [6, 6.07) is 6.48. The van der Waals surface area contributed by atoms with Crippen LogP contribution in [0.1, 0.15) is 62.8 Å². The normalized spacial score (nSPS) is 20.1. The lowest BCUT2D eigenvalue weighted by Crippen LogP contribution is -2.55. The predicted octanol–water partition coefficient (Wildman–Crippen LogP) is 3.12. The quantitative estimate of drug-likeness (QED) is 0.402. The number of aromatic nitrogens is 2. The molecule has 0 amide bonds. The minimum Gasteiger partial charge on any atom is -0.480 e. The van der Waals surface area contributed by atoms with Crippen LogP contribution in [0.5, 0.6) is 0 Å². The zero-order valence-corrected chi connectivity index (χ0v) is 21.0. The second-order valence-corrected chi connectivity index (χ2v) is 10.3. The van der Waals surface area contributed by atoms with Gasteiger partial charge in [0.1, 0.15) is 11.9 Å². The Kier molecular flexibility index (Phi) is 8.21. The van der Waals surface area contributed by atoms with E-state index in [1.165, 1.54) is 10.6 Å². The zero-order chi connectivity index (χ0) is 25.7. The van der Waals surface area contributed by atoms with Crippen molar-refractivity contribution < 1.29 is 24.6 Å². The number of aliphatic carboxylic acids is 1. The third-order valence-electron chi connectivity index (χ3n) is 7.41. The Bertz CT molecular complexity index is 1060. The van der Waals surface area contributed by atoms with Crippen LogP contribution in [0, 0.1) is 5.92 Å². The molecule has 1 aliphatic heterocycles. The molecule has 0 saturated heterocycles. The molecule has 0 unspecified atom stereocenters. The fourth-order valence-electron chi connectivity index (χ4n) is 4.94. The summed E-state index contributed by atoms with van der Waals surface area (Å²) >= 11 is 0. The highest BCUT2D eigenvalue weighted by atomic mass is 16.7. The summed E-state index contributed by atoms with van der Waals surface area (Å²) in [5.41, 5.74) is 1.99. The van der Waals surface area contributed by atoms with Crippen molar-refractivity contribution in [2.24, 2.45) is 5.92 Å². The van der Waals surface area contributed by atoms with Crippen LogP contribution in [0.15, 0.2) is 36.7 Å². The first-order chi connectivity index (χ1) is 17.3. The number of pyridine rings is 2. The van der Waals surface area contributed by atoms with E-state index < -0.39 is 23.4 Å². The number of fused-ring (bicyclic) bond motifs is 1. The number of carbonyl (C=O) groups is 2. The lowest BCUT2D eigenvalue weighted by molar-refractivity contribution is -0.237. The van der Waals surface area contributed by atoms with Gasteiger partial charge in [0, 0.05) is 37.3 Å². The molecule has 36 heavy (non-hydrogen) atoms. The van der Waals surface area contributed by atoms with Gasteiger partial charge in [0.15, 0.2) is 0 Å². The van der Waals surface area contributed by atoms with Gasteiger partial charge in [0.2, 0.25) is 0 Å². The highest BCUT2D eigenvalue weighted by Gasteiger charge is 2.44. The Morgan fingerprint density at radius 3 is 2.78 bits per heavy atom. The van der Waals surface area contributed by atoms with Crippen molar-refractivity contribution in [2.75, 3.05) is 18.5 Å². The fraction of sp³-hybridized carbons (Fsp3) is 0.556. The molecule has 3 N–H and O–H groups in total. The molecule has 9 heteroatoms. The van der Waals surface area contributed by atoms with Crippen LogP contribution < -0.4 is 5.32 Å². The van der Waals surface area contributed by atoms with Crippen molar-refractivity contribution in [2.45, 2.75) is 76.3 Å². The first kappa shape index (κ1) is 26.0. The molecular formula is C27H36N4O5. The van der Waals surface area contributed by atoms with Gasteiger partial charge < -0.3 is 20.4 Å². The van der Waals surface area contributed by atoms with Crippen molar-refractivity contribution in [3.05, 3.63) is 53.5 Å². The molecule has 1 saturated carbocycles. The van der Waals surface area contributed by atoms with Crippen LogP contribution in [0.2, 0.25) is 0 Å². The molecule has 1 aliphatic carbocycles. The number of hydroxylamine groups is 2. The van der Waals surface area contributed by atoms with Gasteiger partial charge in [-0.1, -0.05) is 12.1 Å².